The number of nitrogens with zero attached hydrogens (tertiary/aromatic N) is 3. The number of anilines is 1. The van der Waals surface area contributed by atoms with E-state index in [2.05, 4.69) is 34.4 Å². The van der Waals surface area contributed by atoms with Gasteiger partial charge in [-0.25, -0.2) is 0 Å². The summed E-state index contributed by atoms with van der Waals surface area (Å²) < 4.78 is 0. The monoisotopic (exact) mass is 220 g/mol. The third-order valence-corrected chi connectivity index (χ3v) is 3.24. The van der Waals surface area contributed by atoms with Crippen molar-refractivity contribution in [2.75, 3.05) is 25.5 Å². The van der Waals surface area contributed by atoms with Crippen LogP contribution in [-0.2, 0) is 0 Å². The predicted octanol–water partition coefficient (Wildman–Crippen LogP) is 1.54. The summed E-state index contributed by atoms with van der Waals surface area (Å²) in [6.45, 7) is 6.54. The second-order valence-electron chi connectivity index (χ2n) is 4.84. The van der Waals surface area contributed by atoms with Gasteiger partial charge in [-0.1, -0.05) is 6.92 Å². The minimum atomic E-state index is 0.521. The third-order valence-electron chi connectivity index (χ3n) is 3.24. The van der Waals surface area contributed by atoms with Gasteiger partial charge in [0.25, 0.3) is 0 Å². The van der Waals surface area contributed by atoms with Crippen LogP contribution in [0.1, 0.15) is 19.0 Å². The van der Waals surface area contributed by atoms with E-state index in [9.17, 15) is 0 Å². The summed E-state index contributed by atoms with van der Waals surface area (Å²) in [5, 5.41) is 11.7. The molecule has 0 bridgehead atoms. The van der Waals surface area contributed by atoms with E-state index < -0.39 is 0 Å². The standard InChI is InChI=1S/C12H20N4/c1-9-8-16(3)7-6-11(9)13-12-5-4-10(2)14-15-12/h4-5,9,11H,6-8H2,1-3H3,(H,13,15). The summed E-state index contributed by atoms with van der Waals surface area (Å²) in [5.41, 5.74) is 0.960. The van der Waals surface area contributed by atoms with Gasteiger partial charge in [0.1, 0.15) is 5.82 Å². The quantitative estimate of drug-likeness (QED) is 0.821. The van der Waals surface area contributed by atoms with E-state index >= 15 is 0 Å². The number of rotatable bonds is 2. The molecule has 4 nitrogen and oxygen atoms in total. The van der Waals surface area contributed by atoms with Crippen molar-refractivity contribution >= 4 is 5.82 Å². The Kier molecular flexibility index (Phi) is 3.39. The van der Waals surface area contributed by atoms with E-state index in [1.807, 2.05) is 19.1 Å². The van der Waals surface area contributed by atoms with Crippen molar-refractivity contribution in [3.8, 4) is 0 Å². The van der Waals surface area contributed by atoms with Crippen LogP contribution < -0.4 is 5.32 Å². The van der Waals surface area contributed by atoms with Gasteiger partial charge in [0.15, 0.2) is 0 Å². The SMILES string of the molecule is Cc1ccc(NC2CCN(C)CC2C)nn1. The largest absolute Gasteiger partial charge is 0.365 e. The maximum atomic E-state index is 4.15. The normalized spacial score (nSPS) is 26.7. The average molecular weight is 220 g/mol. The van der Waals surface area contributed by atoms with E-state index in [1.54, 1.807) is 0 Å². The zero-order chi connectivity index (χ0) is 11.5. The van der Waals surface area contributed by atoms with Crippen molar-refractivity contribution in [1.82, 2.24) is 15.1 Å². The van der Waals surface area contributed by atoms with Crippen molar-refractivity contribution in [1.29, 1.82) is 0 Å². The first-order chi connectivity index (χ1) is 7.65. The summed E-state index contributed by atoms with van der Waals surface area (Å²) in [5.74, 6) is 1.55. The van der Waals surface area contributed by atoms with Gasteiger partial charge in [-0.05, 0) is 45.0 Å². The van der Waals surface area contributed by atoms with Crippen LogP contribution >= 0.6 is 0 Å². The molecule has 0 saturated carbocycles. The van der Waals surface area contributed by atoms with Crippen LogP contribution in [-0.4, -0.2) is 41.3 Å². The van der Waals surface area contributed by atoms with Crippen LogP contribution in [0.3, 0.4) is 0 Å². The molecule has 2 atom stereocenters. The number of hydrogen-bond donors (Lipinski definition) is 1. The van der Waals surface area contributed by atoms with Crippen molar-refractivity contribution < 1.29 is 0 Å². The van der Waals surface area contributed by atoms with Gasteiger partial charge in [0.05, 0.1) is 5.69 Å². The van der Waals surface area contributed by atoms with Crippen LogP contribution in [0.25, 0.3) is 0 Å². The van der Waals surface area contributed by atoms with Gasteiger partial charge in [0.2, 0.25) is 0 Å². The topological polar surface area (TPSA) is 41.0 Å². The van der Waals surface area contributed by atoms with Gasteiger partial charge in [-0.15, -0.1) is 5.10 Å². The van der Waals surface area contributed by atoms with E-state index in [1.165, 1.54) is 6.42 Å². The molecule has 1 aliphatic rings. The molecular formula is C12H20N4. The van der Waals surface area contributed by atoms with Crippen molar-refractivity contribution in [2.45, 2.75) is 26.3 Å². The van der Waals surface area contributed by atoms with Gasteiger partial charge >= 0.3 is 0 Å². The fraction of sp³-hybridized carbons (Fsp3) is 0.667. The lowest BCUT2D eigenvalue weighted by atomic mass is 9.94. The molecule has 0 spiro atoms. The lowest BCUT2D eigenvalue weighted by Gasteiger charge is -2.35. The molecule has 1 saturated heterocycles. The second-order valence-corrected chi connectivity index (χ2v) is 4.84. The summed E-state index contributed by atoms with van der Waals surface area (Å²) in [6.07, 6.45) is 1.17. The highest BCUT2D eigenvalue weighted by molar-refractivity contribution is 5.34. The van der Waals surface area contributed by atoms with Gasteiger partial charge in [0, 0.05) is 12.6 Å². The molecule has 0 amide bonds. The van der Waals surface area contributed by atoms with Gasteiger partial charge in [-0.3, -0.25) is 0 Å². The molecule has 1 aromatic rings. The molecule has 4 heteroatoms. The Labute approximate surface area is 97.1 Å². The molecule has 88 valence electrons. The van der Waals surface area contributed by atoms with Gasteiger partial charge in [-0.2, -0.15) is 5.10 Å². The molecule has 2 heterocycles. The first-order valence-electron chi connectivity index (χ1n) is 5.90. The smallest absolute Gasteiger partial charge is 0.148 e. The summed E-state index contributed by atoms with van der Waals surface area (Å²) in [6, 6.07) is 4.52. The number of hydrogen-bond acceptors (Lipinski definition) is 4. The molecule has 0 aromatic carbocycles. The van der Waals surface area contributed by atoms with E-state index in [4.69, 9.17) is 0 Å². The minimum Gasteiger partial charge on any atom is -0.365 e. The molecule has 1 aliphatic heterocycles. The zero-order valence-corrected chi connectivity index (χ0v) is 10.3. The molecule has 0 aliphatic carbocycles. The van der Waals surface area contributed by atoms with Crippen LogP contribution in [0.4, 0.5) is 5.82 Å². The molecule has 2 unspecified atom stereocenters. The maximum absolute atomic E-state index is 4.15. The maximum Gasteiger partial charge on any atom is 0.148 e. The Hall–Kier alpha value is -1.16. The second kappa shape index (κ2) is 4.78. The van der Waals surface area contributed by atoms with Crippen LogP contribution in [0.15, 0.2) is 12.1 Å². The summed E-state index contributed by atoms with van der Waals surface area (Å²) in [4.78, 5) is 2.38. The summed E-state index contributed by atoms with van der Waals surface area (Å²) in [7, 11) is 2.18. The summed E-state index contributed by atoms with van der Waals surface area (Å²) >= 11 is 0. The average Bonchev–Trinajstić information content (AvgIpc) is 2.25. The number of piperidine rings is 1. The lowest BCUT2D eigenvalue weighted by molar-refractivity contribution is 0.206. The first kappa shape index (κ1) is 11.3. The molecule has 2 rings (SSSR count). The highest BCUT2D eigenvalue weighted by atomic mass is 15.2. The Morgan fingerprint density at radius 3 is 2.81 bits per heavy atom. The Morgan fingerprint density at radius 2 is 2.19 bits per heavy atom. The number of likely N-dealkylation sites (tertiary alicyclic amines) is 1. The van der Waals surface area contributed by atoms with Gasteiger partial charge < -0.3 is 10.2 Å². The van der Waals surface area contributed by atoms with E-state index in [0.29, 0.717) is 12.0 Å². The molecular weight excluding hydrogens is 200 g/mol. The van der Waals surface area contributed by atoms with Crippen LogP contribution in [0.5, 0.6) is 0 Å². The first-order valence-corrected chi connectivity index (χ1v) is 5.90. The van der Waals surface area contributed by atoms with E-state index in [0.717, 1.165) is 24.6 Å². The zero-order valence-electron chi connectivity index (χ0n) is 10.3. The fourth-order valence-corrected chi connectivity index (χ4v) is 2.23. The highest BCUT2D eigenvalue weighted by Crippen LogP contribution is 2.18. The Morgan fingerprint density at radius 1 is 1.38 bits per heavy atom. The number of aryl methyl sites for hydroxylation is 1. The molecule has 16 heavy (non-hydrogen) atoms. The fourth-order valence-electron chi connectivity index (χ4n) is 2.23. The van der Waals surface area contributed by atoms with Crippen molar-refractivity contribution in [3.05, 3.63) is 17.8 Å². The molecule has 0 radical (unpaired) electrons. The molecule has 1 N–H and O–H groups in total. The number of nitrogens with one attached hydrogen (secondary N) is 1. The van der Waals surface area contributed by atoms with Crippen LogP contribution in [0, 0.1) is 12.8 Å². The Bertz CT molecular complexity index is 335. The highest BCUT2D eigenvalue weighted by Gasteiger charge is 2.24. The molecule has 1 aromatic heterocycles. The third kappa shape index (κ3) is 2.70. The predicted molar refractivity (Wildman–Crippen MR) is 65.5 cm³/mol. The number of aromatic nitrogens is 2. The van der Waals surface area contributed by atoms with Crippen LogP contribution in [0.2, 0.25) is 0 Å². The lowest BCUT2D eigenvalue weighted by Crippen LogP contribution is -2.43. The molecule has 1 fully saturated rings. The van der Waals surface area contributed by atoms with E-state index in [-0.39, 0.29) is 0 Å². The Balaban J connectivity index is 1.96. The minimum absolute atomic E-state index is 0.521. The van der Waals surface area contributed by atoms with Crippen molar-refractivity contribution in [2.24, 2.45) is 5.92 Å². The van der Waals surface area contributed by atoms with Crippen molar-refractivity contribution in [3.63, 3.8) is 0 Å².